The first-order valence-corrected chi connectivity index (χ1v) is 8.95. The molecule has 2 aromatic rings. The molecule has 0 aliphatic heterocycles. The van der Waals surface area contributed by atoms with Crippen LogP contribution < -0.4 is 16.4 Å². The van der Waals surface area contributed by atoms with Gasteiger partial charge in [-0.05, 0) is 49.1 Å². The number of pyridine rings is 1. The number of ether oxygens (including phenoxy) is 1. The lowest BCUT2D eigenvalue weighted by Gasteiger charge is -2.10. The smallest absolute Gasteiger partial charge is 0.322 e. The Morgan fingerprint density at radius 2 is 1.93 bits per heavy atom. The maximum atomic E-state index is 12.0. The van der Waals surface area contributed by atoms with Gasteiger partial charge >= 0.3 is 5.97 Å². The van der Waals surface area contributed by atoms with E-state index in [9.17, 15) is 9.59 Å². The van der Waals surface area contributed by atoms with Gasteiger partial charge in [-0.1, -0.05) is 18.2 Å². The van der Waals surface area contributed by atoms with Crippen LogP contribution in [0, 0.1) is 0 Å². The normalized spacial score (nSPS) is 11.5. The zero-order valence-electron chi connectivity index (χ0n) is 15.5. The van der Waals surface area contributed by atoms with Crippen molar-refractivity contribution in [2.24, 2.45) is 5.73 Å². The Labute approximate surface area is 159 Å². The molecule has 1 atom stereocenters. The maximum Gasteiger partial charge on any atom is 0.322 e. The van der Waals surface area contributed by atoms with Gasteiger partial charge in [0.15, 0.2) is 0 Å². The van der Waals surface area contributed by atoms with Crippen molar-refractivity contribution in [3.63, 3.8) is 0 Å². The molecule has 0 aliphatic rings. The Kier molecular flexibility index (Phi) is 8.25. The second-order valence-corrected chi connectivity index (χ2v) is 6.18. The third-order valence-electron chi connectivity index (χ3n) is 4.00. The van der Waals surface area contributed by atoms with E-state index in [4.69, 9.17) is 5.73 Å². The minimum absolute atomic E-state index is 0.0214. The zero-order valence-corrected chi connectivity index (χ0v) is 15.5. The van der Waals surface area contributed by atoms with Crippen LogP contribution in [0.3, 0.4) is 0 Å². The number of amides is 1. The van der Waals surface area contributed by atoms with Crippen LogP contribution in [0.4, 0.5) is 11.5 Å². The third-order valence-corrected chi connectivity index (χ3v) is 4.00. The summed E-state index contributed by atoms with van der Waals surface area (Å²) in [5.41, 5.74) is 7.37. The number of carbonyl (C=O) groups is 2. The van der Waals surface area contributed by atoms with Gasteiger partial charge in [0.25, 0.3) is 0 Å². The SMILES string of the molecule is COC(=O)[C@@H](N)Cc1ccc(NC(=O)CCCCNc2ccccn2)cc1. The minimum Gasteiger partial charge on any atom is -0.468 e. The van der Waals surface area contributed by atoms with Gasteiger partial charge in [0.05, 0.1) is 7.11 Å². The fraction of sp³-hybridized carbons (Fsp3) is 0.350. The molecule has 0 aliphatic carbocycles. The summed E-state index contributed by atoms with van der Waals surface area (Å²) >= 11 is 0. The summed E-state index contributed by atoms with van der Waals surface area (Å²) in [4.78, 5) is 27.5. The average molecular weight is 370 g/mol. The number of carbonyl (C=O) groups excluding carboxylic acids is 2. The Balaban J connectivity index is 1.65. The van der Waals surface area contributed by atoms with Crippen molar-refractivity contribution in [2.45, 2.75) is 31.7 Å². The maximum absolute atomic E-state index is 12.0. The highest BCUT2D eigenvalue weighted by atomic mass is 16.5. The number of anilines is 2. The number of methoxy groups -OCH3 is 1. The van der Waals surface area contributed by atoms with E-state index in [1.165, 1.54) is 7.11 Å². The van der Waals surface area contributed by atoms with Crippen LogP contribution in [0.1, 0.15) is 24.8 Å². The van der Waals surface area contributed by atoms with E-state index in [1.807, 2.05) is 30.3 Å². The Bertz CT molecular complexity index is 720. The highest BCUT2D eigenvalue weighted by Crippen LogP contribution is 2.12. The van der Waals surface area contributed by atoms with Gasteiger partial charge in [-0.15, -0.1) is 0 Å². The van der Waals surface area contributed by atoms with E-state index in [-0.39, 0.29) is 5.91 Å². The predicted octanol–water partition coefficient (Wildman–Crippen LogP) is 2.35. The zero-order chi connectivity index (χ0) is 19.5. The first-order valence-electron chi connectivity index (χ1n) is 8.95. The Morgan fingerprint density at radius 1 is 1.15 bits per heavy atom. The van der Waals surface area contributed by atoms with E-state index in [0.29, 0.717) is 12.8 Å². The molecule has 27 heavy (non-hydrogen) atoms. The van der Waals surface area contributed by atoms with E-state index in [0.717, 1.165) is 36.5 Å². The number of esters is 1. The predicted molar refractivity (Wildman–Crippen MR) is 105 cm³/mol. The van der Waals surface area contributed by atoms with Crippen molar-refractivity contribution in [1.29, 1.82) is 0 Å². The summed E-state index contributed by atoms with van der Waals surface area (Å²) in [5.74, 6) is 0.380. The van der Waals surface area contributed by atoms with Crippen LogP contribution in [0.15, 0.2) is 48.7 Å². The fourth-order valence-electron chi connectivity index (χ4n) is 2.53. The van der Waals surface area contributed by atoms with Gasteiger partial charge < -0.3 is 21.1 Å². The molecule has 0 fully saturated rings. The molecule has 144 valence electrons. The number of rotatable bonds is 10. The molecule has 2 rings (SSSR count). The van der Waals surface area contributed by atoms with Crippen molar-refractivity contribution in [2.75, 3.05) is 24.3 Å². The standard InChI is InChI=1S/C20H26N4O3/c1-27-20(26)17(21)14-15-8-10-16(11-9-15)24-19(25)7-3-5-13-23-18-6-2-4-12-22-18/h2,4,6,8-12,17H,3,5,7,13-14,21H2,1H3,(H,22,23)(H,24,25)/t17-/m0/s1. The number of nitrogens with one attached hydrogen (secondary N) is 2. The molecule has 4 N–H and O–H groups in total. The topological polar surface area (TPSA) is 106 Å². The van der Waals surface area contributed by atoms with Gasteiger partial charge in [-0.2, -0.15) is 0 Å². The number of hydrogen-bond donors (Lipinski definition) is 3. The van der Waals surface area contributed by atoms with Crippen molar-refractivity contribution in [1.82, 2.24) is 4.98 Å². The molecule has 0 bridgehead atoms. The van der Waals surface area contributed by atoms with E-state index in [2.05, 4.69) is 20.4 Å². The quantitative estimate of drug-likeness (QED) is 0.438. The monoisotopic (exact) mass is 370 g/mol. The van der Waals surface area contributed by atoms with Crippen LogP contribution in [0.25, 0.3) is 0 Å². The van der Waals surface area contributed by atoms with Gasteiger partial charge in [0.2, 0.25) is 5.91 Å². The van der Waals surface area contributed by atoms with E-state index < -0.39 is 12.0 Å². The molecule has 1 heterocycles. The first kappa shape index (κ1) is 20.4. The lowest BCUT2D eigenvalue weighted by Crippen LogP contribution is -2.33. The van der Waals surface area contributed by atoms with Gasteiger partial charge in [0, 0.05) is 24.8 Å². The number of aromatic nitrogens is 1. The van der Waals surface area contributed by atoms with Crippen LogP contribution in [-0.2, 0) is 20.7 Å². The summed E-state index contributed by atoms with van der Waals surface area (Å²) < 4.78 is 4.61. The van der Waals surface area contributed by atoms with Crippen LogP contribution >= 0.6 is 0 Å². The molecule has 7 heteroatoms. The van der Waals surface area contributed by atoms with Crippen LogP contribution in [-0.4, -0.2) is 36.6 Å². The largest absolute Gasteiger partial charge is 0.468 e. The molecular formula is C20H26N4O3. The third kappa shape index (κ3) is 7.45. The summed E-state index contributed by atoms with van der Waals surface area (Å²) in [5, 5.41) is 6.09. The number of nitrogens with zero attached hydrogens (tertiary/aromatic N) is 1. The summed E-state index contributed by atoms with van der Waals surface area (Å²) in [6, 6.07) is 12.3. The second kappa shape index (κ2) is 10.9. The molecule has 1 amide bonds. The first-order chi connectivity index (χ1) is 13.1. The minimum atomic E-state index is -0.685. The summed E-state index contributed by atoms with van der Waals surface area (Å²) in [7, 11) is 1.31. The highest BCUT2D eigenvalue weighted by molar-refractivity contribution is 5.90. The van der Waals surface area contributed by atoms with Gasteiger partial charge in [-0.3, -0.25) is 9.59 Å². The van der Waals surface area contributed by atoms with E-state index in [1.54, 1.807) is 18.3 Å². The van der Waals surface area contributed by atoms with Crippen molar-refractivity contribution < 1.29 is 14.3 Å². The fourth-order valence-corrected chi connectivity index (χ4v) is 2.53. The number of nitrogens with two attached hydrogens (primary N) is 1. The van der Waals surface area contributed by atoms with Crippen LogP contribution in [0.2, 0.25) is 0 Å². The number of unbranched alkanes of at least 4 members (excludes halogenated alkanes) is 1. The molecule has 0 radical (unpaired) electrons. The molecule has 1 aromatic heterocycles. The van der Waals surface area contributed by atoms with Crippen LogP contribution in [0.5, 0.6) is 0 Å². The van der Waals surface area contributed by atoms with Gasteiger partial charge in [0.1, 0.15) is 11.9 Å². The lowest BCUT2D eigenvalue weighted by atomic mass is 10.1. The Morgan fingerprint density at radius 3 is 2.59 bits per heavy atom. The van der Waals surface area contributed by atoms with Crippen molar-refractivity contribution in [3.05, 3.63) is 54.2 Å². The molecule has 0 saturated carbocycles. The average Bonchev–Trinajstić information content (AvgIpc) is 2.69. The van der Waals surface area contributed by atoms with Crippen molar-refractivity contribution >= 4 is 23.4 Å². The van der Waals surface area contributed by atoms with E-state index >= 15 is 0 Å². The number of hydrogen-bond acceptors (Lipinski definition) is 6. The molecule has 0 spiro atoms. The summed E-state index contributed by atoms with van der Waals surface area (Å²) in [6.45, 7) is 0.777. The molecular weight excluding hydrogens is 344 g/mol. The second-order valence-electron chi connectivity index (χ2n) is 6.18. The lowest BCUT2D eigenvalue weighted by molar-refractivity contribution is -0.142. The number of benzene rings is 1. The molecule has 0 saturated heterocycles. The van der Waals surface area contributed by atoms with Crippen molar-refractivity contribution in [3.8, 4) is 0 Å². The highest BCUT2D eigenvalue weighted by Gasteiger charge is 2.14. The summed E-state index contributed by atoms with van der Waals surface area (Å²) in [6.07, 6.45) is 4.26. The molecule has 7 nitrogen and oxygen atoms in total. The van der Waals surface area contributed by atoms with Gasteiger partial charge in [-0.25, -0.2) is 4.98 Å². The Hall–Kier alpha value is -2.93. The molecule has 1 aromatic carbocycles. The molecule has 0 unspecified atom stereocenters.